The van der Waals surface area contributed by atoms with Gasteiger partial charge in [-0.2, -0.15) is 0 Å². The zero-order valence-electron chi connectivity index (χ0n) is 21.0. The van der Waals surface area contributed by atoms with E-state index in [1.54, 1.807) is 18.2 Å². The molecule has 3 nitrogen and oxygen atoms in total. The first-order chi connectivity index (χ1) is 16.6. The maximum absolute atomic E-state index is 15.5. The molecule has 1 aliphatic rings. The van der Waals surface area contributed by atoms with Crippen LogP contribution in [0.5, 0.6) is 0 Å². The zero-order valence-corrected chi connectivity index (χ0v) is 17.0. The normalized spacial score (nSPS) is 18.4. The van der Waals surface area contributed by atoms with E-state index in [-0.39, 0.29) is 27.8 Å². The van der Waals surface area contributed by atoms with E-state index < -0.39 is 18.9 Å². The third kappa shape index (κ3) is 2.65. The van der Waals surface area contributed by atoms with Crippen molar-refractivity contribution in [2.75, 3.05) is 0 Å². The van der Waals surface area contributed by atoms with Gasteiger partial charge in [0.2, 0.25) is 5.69 Å². The molecule has 0 saturated heterocycles. The SMILES string of the molecule is [2H]C1([2H])OC([2H])([2H])c2c(-c3c(F)ccc4c3oc3c(-c5cccc[n+]5C)c(C)ccc34)cccc21. The van der Waals surface area contributed by atoms with E-state index in [9.17, 15) is 0 Å². The van der Waals surface area contributed by atoms with Gasteiger partial charge in [0.15, 0.2) is 6.20 Å². The first kappa shape index (κ1) is 14.5. The molecular formula is C27H21FNO2+. The number of hydrogen-bond donors (Lipinski definition) is 0. The van der Waals surface area contributed by atoms with Crippen molar-refractivity contribution in [2.24, 2.45) is 7.05 Å². The fraction of sp³-hybridized carbons (Fsp3) is 0.148. The Hall–Kier alpha value is -3.50. The van der Waals surface area contributed by atoms with Crippen molar-refractivity contribution < 1.29 is 23.6 Å². The Labute approximate surface area is 184 Å². The number of aromatic nitrogens is 1. The molecule has 0 radical (unpaired) electrons. The number of benzene rings is 3. The standard InChI is InChI=1S/C27H21FNO2/c1-16-9-10-19-20-11-12-22(28)25(18-7-5-6-17-14-30-15-21(17)18)27(20)31-26(19)24(16)23-8-3-4-13-29(23)2/h3-13H,14-15H2,1-2H3/q+1/i14D2,15D2. The molecule has 0 bridgehead atoms. The van der Waals surface area contributed by atoms with Gasteiger partial charge in [-0.15, -0.1) is 0 Å². The Bertz CT molecular complexity index is 1680. The highest BCUT2D eigenvalue weighted by molar-refractivity contribution is 6.13. The lowest BCUT2D eigenvalue weighted by atomic mass is 9.94. The van der Waals surface area contributed by atoms with Crippen LogP contribution in [0.2, 0.25) is 0 Å². The number of fused-ring (bicyclic) bond motifs is 4. The number of halogens is 1. The minimum Gasteiger partial charge on any atom is -0.454 e. The van der Waals surface area contributed by atoms with Gasteiger partial charge in [-0.05, 0) is 47.4 Å². The molecular weight excluding hydrogens is 389 g/mol. The Morgan fingerprint density at radius 2 is 1.71 bits per heavy atom. The molecule has 3 heterocycles. The highest BCUT2D eigenvalue weighted by Crippen LogP contribution is 2.43. The van der Waals surface area contributed by atoms with Crippen molar-refractivity contribution in [2.45, 2.75) is 20.0 Å². The second-order valence-corrected chi connectivity index (χ2v) is 7.77. The number of hydrogen-bond acceptors (Lipinski definition) is 2. The average Bonchev–Trinajstić information content (AvgIpc) is 3.25. The summed E-state index contributed by atoms with van der Waals surface area (Å²) in [4.78, 5) is 0. The quantitative estimate of drug-likeness (QED) is 0.321. The summed E-state index contributed by atoms with van der Waals surface area (Å²) in [6.07, 6.45) is 1.95. The highest BCUT2D eigenvalue weighted by Gasteiger charge is 2.25. The lowest BCUT2D eigenvalue weighted by Gasteiger charge is -2.09. The molecule has 0 atom stereocenters. The summed E-state index contributed by atoms with van der Waals surface area (Å²) >= 11 is 0. The lowest BCUT2D eigenvalue weighted by molar-refractivity contribution is -0.660. The summed E-state index contributed by atoms with van der Waals surface area (Å²) in [5.41, 5.74) is 4.03. The summed E-state index contributed by atoms with van der Waals surface area (Å²) in [6.45, 7) is -2.77. The van der Waals surface area contributed by atoms with Crippen LogP contribution in [0.15, 0.2) is 71.3 Å². The van der Waals surface area contributed by atoms with Crippen LogP contribution >= 0.6 is 0 Å². The van der Waals surface area contributed by atoms with Gasteiger partial charge in [-0.1, -0.05) is 30.3 Å². The van der Waals surface area contributed by atoms with Crippen molar-refractivity contribution in [1.29, 1.82) is 0 Å². The van der Waals surface area contributed by atoms with E-state index >= 15 is 4.39 Å². The zero-order chi connectivity index (χ0) is 24.7. The van der Waals surface area contributed by atoms with E-state index in [1.807, 2.05) is 55.1 Å². The van der Waals surface area contributed by atoms with E-state index in [1.165, 1.54) is 12.1 Å². The fourth-order valence-electron chi connectivity index (χ4n) is 4.42. The van der Waals surface area contributed by atoms with Crippen LogP contribution in [0.4, 0.5) is 4.39 Å². The summed E-state index contributed by atoms with van der Waals surface area (Å²) in [7, 11) is 1.95. The minimum atomic E-state index is -2.43. The summed E-state index contributed by atoms with van der Waals surface area (Å²) in [6, 6.07) is 17.5. The molecule has 0 unspecified atom stereocenters. The molecule has 31 heavy (non-hydrogen) atoms. The van der Waals surface area contributed by atoms with Crippen molar-refractivity contribution >= 4 is 21.9 Å². The molecule has 0 spiro atoms. The number of ether oxygens (including phenoxy) is 1. The Balaban J connectivity index is 1.73. The molecule has 2 aromatic heterocycles. The van der Waals surface area contributed by atoms with Crippen molar-refractivity contribution in [1.82, 2.24) is 0 Å². The first-order valence-corrected chi connectivity index (χ1v) is 10.0. The van der Waals surface area contributed by atoms with Gasteiger partial charge in [0.05, 0.1) is 29.7 Å². The molecule has 3 aromatic carbocycles. The monoisotopic (exact) mass is 414 g/mol. The molecule has 152 valence electrons. The van der Waals surface area contributed by atoms with Crippen LogP contribution in [0.25, 0.3) is 44.3 Å². The third-order valence-corrected chi connectivity index (χ3v) is 5.93. The van der Waals surface area contributed by atoms with E-state index in [0.717, 1.165) is 22.2 Å². The van der Waals surface area contributed by atoms with Gasteiger partial charge >= 0.3 is 0 Å². The van der Waals surface area contributed by atoms with Crippen LogP contribution in [-0.4, -0.2) is 0 Å². The van der Waals surface area contributed by atoms with Gasteiger partial charge in [0.1, 0.15) is 24.0 Å². The second kappa shape index (κ2) is 6.76. The Kier molecular flexibility index (Phi) is 3.16. The van der Waals surface area contributed by atoms with Crippen molar-refractivity contribution in [3.63, 3.8) is 0 Å². The fourth-order valence-corrected chi connectivity index (χ4v) is 4.42. The van der Waals surface area contributed by atoms with Gasteiger partial charge in [-0.3, -0.25) is 0 Å². The van der Waals surface area contributed by atoms with Crippen LogP contribution in [0.1, 0.15) is 22.2 Å². The number of pyridine rings is 1. The average molecular weight is 414 g/mol. The molecule has 0 aliphatic carbocycles. The largest absolute Gasteiger partial charge is 0.454 e. The molecule has 0 saturated carbocycles. The molecule has 0 amide bonds. The number of rotatable bonds is 2. The molecule has 0 fully saturated rings. The number of furan rings is 1. The van der Waals surface area contributed by atoms with E-state index in [4.69, 9.17) is 14.6 Å². The second-order valence-electron chi connectivity index (χ2n) is 7.77. The van der Waals surface area contributed by atoms with Crippen molar-refractivity contribution in [3.8, 4) is 22.4 Å². The molecule has 4 heteroatoms. The third-order valence-electron chi connectivity index (χ3n) is 5.93. The summed E-state index contributed by atoms with van der Waals surface area (Å²) in [5, 5.41) is 1.50. The van der Waals surface area contributed by atoms with Gasteiger partial charge in [0.25, 0.3) is 0 Å². The maximum atomic E-state index is 15.5. The Morgan fingerprint density at radius 1 is 0.903 bits per heavy atom. The topological polar surface area (TPSA) is 26.2 Å². The number of aryl methyl sites for hydroxylation is 2. The first-order valence-electron chi connectivity index (χ1n) is 12.0. The molecule has 0 N–H and O–H groups in total. The van der Waals surface area contributed by atoms with Gasteiger partial charge in [-0.25, -0.2) is 8.96 Å². The van der Waals surface area contributed by atoms with E-state index in [0.29, 0.717) is 11.0 Å². The predicted octanol–water partition coefficient (Wildman–Crippen LogP) is 6.22. The van der Waals surface area contributed by atoms with Gasteiger partial charge in [0, 0.05) is 22.9 Å². The van der Waals surface area contributed by atoms with Crippen LogP contribution in [0, 0.1) is 12.7 Å². The molecule has 6 rings (SSSR count). The van der Waals surface area contributed by atoms with Gasteiger partial charge < -0.3 is 9.15 Å². The van der Waals surface area contributed by atoms with E-state index in [2.05, 4.69) is 0 Å². The lowest BCUT2D eigenvalue weighted by Crippen LogP contribution is -2.30. The van der Waals surface area contributed by atoms with Crippen LogP contribution in [0.3, 0.4) is 0 Å². The summed E-state index contributed by atoms with van der Waals surface area (Å²) in [5.74, 6) is -0.586. The van der Waals surface area contributed by atoms with Crippen molar-refractivity contribution in [3.05, 3.63) is 89.4 Å². The minimum absolute atomic E-state index is 0.0253. The maximum Gasteiger partial charge on any atom is 0.216 e. The van der Waals surface area contributed by atoms with Crippen LogP contribution in [-0.2, 0) is 24.9 Å². The number of nitrogens with zero attached hydrogens (tertiary/aromatic N) is 1. The highest BCUT2D eigenvalue weighted by atomic mass is 19.1. The molecule has 5 aromatic rings. The molecule has 1 aliphatic heterocycles. The smallest absolute Gasteiger partial charge is 0.216 e. The summed E-state index contributed by atoms with van der Waals surface area (Å²) < 4.78 is 62.0. The Morgan fingerprint density at radius 3 is 2.55 bits per heavy atom. The van der Waals surface area contributed by atoms with Crippen LogP contribution < -0.4 is 4.57 Å². The predicted molar refractivity (Wildman–Crippen MR) is 119 cm³/mol.